The summed E-state index contributed by atoms with van der Waals surface area (Å²) in [6.45, 7) is 5.67. The second-order valence-electron chi connectivity index (χ2n) is 9.68. The van der Waals surface area contributed by atoms with Crippen LogP contribution in [-0.2, 0) is 27.3 Å². The van der Waals surface area contributed by atoms with E-state index in [0.717, 1.165) is 70.7 Å². The van der Waals surface area contributed by atoms with Crippen LogP contribution in [0, 0.1) is 5.92 Å². The molecule has 35 heavy (non-hydrogen) atoms. The van der Waals surface area contributed by atoms with E-state index in [2.05, 4.69) is 17.0 Å². The van der Waals surface area contributed by atoms with Gasteiger partial charge in [0.05, 0.1) is 32.6 Å². The first-order chi connectivity index (χ1) is 17.2. The minimum Gasteiger partial charge on any atom is -0.467 e. The molecule has 2 amide bonds. The lowest BCUT2D eigenvalue weighted by Crippen LogP contribution is -2.49. The van der Waals surface area contributed by atoms with Crippen LogP contribution in [0.4, 0.5) is 0 Å². The molecule has 0 bridgehead atoms. The van der Waals surface area contributed by atoms with Gasteiger partial charge < -0.3 is 19.0 Å². The van der Waals surface area contributed by atoms with Gasteiger partial charge in [-0.25, -0.2) is 0 Å². The highest BCUT2D eigenvalue weighted by Gasteiger charge is 2.29. The number of ether oxygens (including phenoxy) is 1. The van der Waals surface area contributed by atoms with Crippen molar-refractivity contribution in [2.45, 2.75) is 45.1 Å². The summed E-state index contributed by atoms with van der Waals surface area (Å²) in [4.78, 5) is 33.1. The average Bonchev–Trinajstić information content (AvgIpc) is 3.43. The monoisotopic (exact) mass is 481 g/mol. The molecule has 2 heterocycles. The Bertz CT molecular complexity index is 890. The molecule has 0 spiro atoms. The SMILES string of the molecule is O=C(CN(CCN1CCOCC1)C(=O)C1CCCCC1)N(CCc1ccccc1)Cc1ccco1. The van der Waals surface area contributed by atoms with Crippen LogP contribution in [0.5, 0.6) is 0 Å². The van der Waals surface area contributed by atoms with Crippen molar-refractivity contribution in [2.24, 2.45) is 5.92 Å². The molecule has 2 aromatic rings. The summed E-state index contributed by atoms with van der Waals surface area (Å²) < 4.78 is 11.0. The fraction of sp³-hybridized carbons (Fsp3) is 0.571. The van der Waals surface area contributed by atoms with Gasteiger partial charge in [-0.15, -0.1) is 0 Å². The molecule has 0 radical (unpaired) electrons. The van der Waals surface area contributed by atoms with E-state index in [1.165, 1.54) is 12.0 Å². The van der Waals surface area contributed by atoms with E-state index in [9.17, 15) is 9.59 Å². The molecule has 7 nitrogen and oxygen atoms in total. The zero-order valence-corrected chi connectivity index (χ0v) is 20.8. The Balaban J connectivity index is 1.43. The number of morpholine rings is 1. The topological polar surface area (TPSA) is 66.2 Å². The maximum atomic E-state index is 13.6. The standard InChI is InChI=1S/C28H39N3O4/c32-27(30(22-26-12-7-19-35-26)14-13-24-8-3-1-4-9-24)23-31(16-15-29-17-20-34-21-18-29)28(33)25-10-5-2-6-11-25/h1,3-4,7-9,12,19,25H,2,5-6,10-11,13-18,20-23H2. The van der Waals surface area contributed by atoms with E-state index >= 15 is 0 Å². The lowest BCUT2D eigenvalue weighted by molar-refractivity contribution is -0.144. The van der Waals surface area contributed by atoms with Gasteiger partial charge in [0.2, 0.25) is 11.8 Å². The lowest BCUT2D eigenvalue weighted by atomic mass is 9.88. The number of carbonyl (C=O) groups excluding carboxylic acids is 2. The van der Waals surface area contributed by atoms with E-state index in [0.29, 0.717) is 19.6 Å². The molecule has 0 N–H and O–H groups in total. The minimum absolute atomic E-state index is 0.0246. The second-order valence-corrected chi connectivity index (χ2v) is 9.68. The second kappa shape index (κ2) is 13.4. The van der Waals surface area contributed by atoms with Crippen molar-refractivity contribution in [3.05, 3.63) is 60.1 Å². The van der Waals surface area contributed by atoms with Crippen LogP contribution in [0.2, 0.25) is 0 Å². The van der Waals surface area contributed by atoms with Crippen molar-refractivity contribution in [3.8, 4) is 0 Å². The number of carbonyl (C=O) groups is 2. The Hall–Kier alpha value is -2.64. The minimum atomic E-state index is -0.0246. The Morgan fingerprint density at radius 3 is 2.40 bits per heavy atom. The van der Waals surface area contributed by atoms with Crippen molar-refractivity contribution in [1.29, 1.82) is 0 Å². The average molecular weight is 482 g/mol. The number of hydrogen-bond acceptors (Lipinski definition) is 5. The largest absolute Gasteiger partial charge is 0.467 e. The first kappa shape index (κ1) is 25.5. The smallest absolute Gasteiger partial charge is 0.242 e. The summed E-state index contributed by atoms with van der Waals surface area (Å²) in [5, 5.41) is 0. The molecular formula is C28H39N3O4. The lowest BCUT2D eigenvalue weighted by Gasteiger charge is -2.33. The van der Waals surface area contributed by atoms with Gasteiger partial charge in [-0.1, -0.05) is 49.6 Å². The van der Waals surface area contributed by atoms with Gasteiger partial charge in [0.1, 0.15) is 5.76 Å². The predicted octanol–water partition coefficient (Wildman–Crippen LogP) is 3.59. The van der Waals surface area contributed by atoms with Crippen molar-refractivity contribution in [2.75, 3.05) is 52.5 Å². The third kappa shape index (κ3) is 7.94. The van der Waals surface area contributed by atoms with Crippen LogP contribution in [0.15, 0.2) is 53.1 Å². The zero-order chi connectivity index (χ0) is 24.3. The molecule has 0 unspecified atom stereocenters. The van der Waals surface area contributed by atoms with E-state index < -0.39 is 0 Å². The van der Waals surface area contributed by atoms with Crippen LogP contribution in [-0.4, -0.2) is 79.0 Å². The fourth-order valence-corrected chi connectivity index (χ4v) is 5.02. The predicted molar refractivity (Wildman–Crippen MR) is 135 cm³/mol. The van der Waals surface area contributed by atoms with Crippen LogP contribution in [0.3, 0.4) is 0 Å². The van der Waals surface area contributed by atoms with E-state index in [-0.39, 0.29) is 24.3 Å². The molecule has 1 aromatic carbocycles. The summed E-state index contributed by atoms with van der Waals surface area (Å²) in [5.41, 5.74) is 1.19. The summed E-state index contributed by atoms with van der Waals surface area (Å²) >= 11 is 0. The molecule has 4 rings (SSSR count). The highest BCUT2D eigenvalue weighted by atomic mass is 16.5. The molecule has 1 aliphatic heterocycles. The highest BCUT2D eigenvalue weighted by Crippen LogP contribution is 2.25. The number of rotatable bonds is 11. The van der Waals surface area contributed by atoms with Crippen LogP contribution < -0.4 is 0 Å². The number of amides is 2. The number of furan rings is 1. The van der Waals surface area contributed by atoms with E-state index in [4.69, 9.17) is 9.15 Å². The highest BCUT2D eigenvalue weighted by molar-refractivity contribution is 5.86. The molecule has 7 heteroatoms. The third-order valence-corrected chi connectivity index (χ3v) is 7.17. The Labute approximate surface area is 209 Å². The first-order valence-corrected chi connectivity index (χ1v) is 13.1. The summed E-state index contributed by atoms with van der Waals surface area (Å²) in [5.74, 6) is 0.921. The van der Waals surface area contributed by atoms with Crippen molar-refractivity contribution in [1.82, 2.24) is 14.7 Å². The zero-order valence-electron chi connectivity index (χ0n) is 20.8. The van der Waals surface area contributed by atoms with Gasteiger partial charge in [0.15, 0.2) is 0 Å². The van der Waals surface area contributed by atoms with Crippen molar-refractivity contribution in [3.63, 3.8) is 0 Å². The summed E-state index contributed by atoms with van der Waals surface area (Å²) in [7, 11) is 0. The fourth-order valence-electron chi connectivity index (χ4n) is 5.02. The first-order valence-electron chi connectivity index (χ1n) is 13.1. The molecule has 1 aliphatic carbocycles. The van der Waals surface area contributed by atoms with Crippen molar-refractivity contribution >= 4 is 11.8 Å². The van der Waals surface area contributed by atoms with Crippen molar-refractivity contribution < 1.29 is 18.7 Å². The third-order valence-electron chi connectivity index (χ3n) is 7.17. The molecular weight excluding hydrogens is 442 g/mol. The Morgan fingerprint density at radius 1 is 0.914 bits per heavy atom. The maximum absolute atomic E-state index is 13.6. The molecule has 0 atom stereocenters. The maximum Gasteiger partial charge on any atom is 0.242 e. The number of hydrogen-bond donors (Lipinski definition) is 0. The van der Waals surface area contributed by atoms with Gasteiger partial charge in [0.25, 0.3) is 0 Å². The molecule has 2 fully saturated rings. The number of nitrogens with zero attached hydrogens (tertiary/aromatic N) is 3. The quantitative estimate of drug-likeness (QED) is 0.491. The molecule has 190 valence electrons. The van der Waals surface area contributed by atoms with Crippen LogP contribution >= 0.6 is 0 Å². The van der Waals surface area contributed by atoms with Crippen LogP contribution in [0.25, 0.3) is 0 Å². The van der Waals surface area contributed by atoms with Gasteiger partial charge in [-0.3, -0.25) is 14.5 Å². The molecule has 1 saturated carbocycles. The molecule has 1 saturated heterocycles. The summed E-state index contributed by atoms with van der Waals surface area (Å²) in [6, 6.07) is 13.9. The Kier molecular flexibility index (Phi) is 9.78. The van der Waals surface area contributed by atoms with Gasteiger partial charge in [0, 0.05) is 38.6 Å². The normalized spacial score (nSPS) is 17.3. The van der Waals surface area contributed by atoms with Gasteiger partial charge in [-0.2, -0.15) is 0 Å². The van der Waals surface area contributed by atoms with E-state index in [1.54, 1.807) is 6.26 Å². The molecule has 1 aromatic heterocycles. The van der Waals surface area contributed by atoms with Crippen LogP contribution in [0.1, 0.15) is 43.4 Å². The van der Waals surface area contributed by atoms with E-state index in [1.807, 2.05) is 40.1 Å². The summed E-state index contributed by atoms with van der Waals surface area (Å²) in [6.07, 6.45) is 7.67. The molecule has 2 aliphatic rings. The van der Waals surface area contributed by atoms with Gasteiger partial charge in [-0.05, 0) is 37.0 Å². The number of benzene rings is 1. The Morgan fingerprint density at radius 2 is 1.69 bits per heavy atom. The van der Waals surface area contributed by atoms with Gasteiger partial charge >= 0.3 is 0 Å².